The lowest BCUT2D eigenvalue weighted by atomic mass is 10.3. The lowest BCUT2D eigenvalue weighted by Crippen LogP contribution is -2.09. The van der Waals surface area contributed by atoms with Crippen LogP contribution in [-0.2, 0) is 19.0 Å². The van der Waals surface area contributed by atoms with Gasteiger partial charge in [-0.25, -0.2) is 4.98 Å². The summed E-state index contributed by atoms with van der Waals surface area (Å²) in [6, 6.07) is 5.85. The molecule has 2 heterocycles. The van der Waals surface area contributed by atoms with Gasteiger partial charge in [0.05, 0.1) is 25.1 Å². The minimum absolute atomic E-state index is 0.331. The molecule has 0 aliphatic heterocycles. The summed E-state index contributed by atoms with van der Waals surface area (Å²) in [5, 5.41) is 8.14. The molecule has 21 heavy (non-hydrogen) atoms. The highest BCUT2D eigenvalue weighted by molar-refractivity contribution is 6.16. The molecule has 3 rings (SSSR count). The van der Waals surface area contributed by atoms with Gasteiger partial charge in [-0.05, 0) is 19.1 Å². The molecule has 0 aliphatic carbocycles. The molecule has 0 bridgehead atoms. The number of hydrogen-bond acceptors (Lipinski definition) is 4. The monoisotopic (exact) mass is 305 g/mol. The number of methoxy groups -OCH3 is 1. The molecule has 0 N–H and O–H groups in total. The molecular formula is C14H16ClN5O. The van der Waals surface area contributed by atoms with E-state index in [4.69, 9.17) is 16.3 Å². The van der Waals surface area contributed by atoms with Crippen LogP contribution < -0.4 is 4.74 Å². The Bertz CT molecular complexity index is 764. The zero-order chi connectivity index (χ0) is 14.8. The van der Waals surface area contributed by atoms with Gasteiger partial charge in [0.2, 0.25) is 0 Å². The molecule has 3 aromatic rings. The minimum Gasteiger partial charge on any atom is -0.494 e. The zero-order valence-corrected chi connectivity index (χ0v) is 12.7. The van der Waals surface area contributed by atoms with Crippen LogP contribution in [0, 0.1) is 0 Å². The number of hydrogen-bond donors (Lipinski definition) is 0. The smallest absolute Gasteiger partial charge is 0.152 e. The third kappa shape index (κ3) is 2.35. The topological polar surface area (TPSA) is 57.8 Å². The van der Waals surface area contributed by atoms with E-state index in [-0.39, 0.29) is 0 Å². The van der Waals surface area contributed by atoms with E-state index < -0.39 is 0 Å². The van der Waals surface area contributed by atoms with Gasteiger partial charge in [-0.15, -0.1) is 21.8 Å². The normalized spacial score (nSPS) is 11.2. The van der Waals surface area contributed by atoms with Gasteiger partial charge in [0.25, 0.3) is 0 Å². The molecule has 0 fully saturated rings. The fourth-order valence-electron chi connectivity index (χ4n) is 2.42. The second-order valence-corrected chi connectivity index (χ2v) is 4.88. The Kier molecular flexibility index (Phi) is 3.79. The average Bonchev–Trinajstić information content (AvgIpc) is 3.11. The summed E-state index contributed by atoms with van der Waals surface area (Å²) < 4.78 is 9.43. The van der Waals surface area contributed by atoms with Crippen LogP contribution in [0.5, 0.6) is 5.75 Å². The summed E-state index contributed by atoms with van der Waals surface area (Å²) in [4.78, 5) is 4.59. The summed E-state index contributed by atoms with van der Waals surface area (Å²) in [6.45, 7) is 3.47. The molecule has 0 saturated carbocycles. The van der Waals surface area contributed by atoms with Crippen molar-refractivity contribution in [3.8, 4) is 5.75 Å². The van der Waals surface area contributed by atoms with E-state index in [1.807, 2.05) is 22.8 Å². The van der Waals surface area contributed by atoms with E-state index in [1.54, 1.807) is 13.4 Å². The number of aryl methyl sites for hydroxylation is 1. The Morgan fingerprint density at radius 2 is 2.14 bits per heavy atom. The van der Waals surface area contributed by atoms with Gasteiger partial charge in [0, 0.05) is 6.54 Å². The lowest BCUT2D eigenvalue weighted by molar-refractivity contribution is 0.419. The number of alkyl halides is 1. The van der Waals surface area contributed by atoms with Gasteiger partial charge in [-0.3, -0.25) is 0 Å². The number of para-hydroxylation sites is 1. The molecule has 6 nitrogen and oxygen atoms in total. The van der Waals surface area contributed by atoms with Gasteiger partial charge in [0.1, 0.15) is 23.4 Å². The van der Waals surface area contributed by atoms with Crippen molar-refractivity contribution in [3.63, 3.8) is 0 Å². The molecule has 0 radical (unpaired) electrons. The Hall–Kier alpha value is -2.08. The maximum Gasteiger partial charge on any atom is 0.152 e. The van der Waals surface area contributed by atoms with Crippen LogP contribution >= 0.6 is 11.6 Å². The van der Waals surface area contributed by atoms with E-state index in [9.17, 15) is 0 Å². The average molecular weight is 306 g/mol. The Labute approximate surface area is 127 Å². The first kappa shape index (κ1) is 13.9. The predicted octanol–water partition coefficient (Wildman–Crippen LogP) is 2.44. The first-order valence-electron chi connectivity index (χ1n) is 6.73. The third-order valence-corrected chi connectivity index (χ3v) is 3.74. The SMILES string of the molecule is CCn1cnnc1Cn1c(CCl)nc2c(OC)cccc21. The summed E-state index contributed by atoms with van der Waals surface area (Å²) in [6.07, 6.45) is 1.73. The highest BCUT2D eigenvalue weighted by Gasteiger charge is 2.15. The van der Waals surface area contributed by atoms with E-state index in [2.05, 4.69) is 26.7 Å². The third-order valence-electron chi connectivity index (χ3n) is 3.50. The number of benzene rings is 1. The van der Waals surface area contributed by atoms with Crippen molar-refractivity contribution in [2.75, 3.05) is 7.11 Å². The fourth-order valence-corrected chi connectivity index (χ4v) is 2.62. The lowest BCUT2D eigenvalue weighted by Gasteiger charge is -2.08. The predicted molar refractivity (Wildman–Crippen MR) is 80.6 cm³/mol. The van der Waals surface area contributed by atoms with Gasteiger partial charge in [-0.2, -0.15) is 0 Å². The second-order valence-electron chi connectivity index (χ2n) is 4.61. The second kappa shape index (κ2) is 5.73. The van der Waals surface area contributed by atoms with Crippen LogP contribution in [0.15, 0.2) is 24.5 Å². The molecule has 0 aliphatic rings. The van der Waals surface area contributed by atoms with Gasteiger partial charge >= 0.3 is 0 Å². The van der Waals surface area contributed by atoms with Crippen LogP contribution in [0.4, 0.5) is 0 Å². The Balaban J connectivity index is 2.13. The molecule has 0 spiro atoms. The number of aromatic nitrogens is 5. The number of halogens is 1. The number of imidazole rings is 1. The van der Waals surface area contributed by atoms with Gasteiger partial charge in [-0.1, -0.05) is 6.07 Å². The van der Waals surface area contributed by atoms with Crippen molar-refractivity contribution in [3.05, 3.63) is 36.2 Å². The van der Waals surface area contributed by atoms with Crippen molar-refractivity contribution < 1.29 is 4.74 Å². The van der Waals surface area contributed by atoms with E-state index in [0.717, 1.165) is 35.0 Å². The molecule has 7 heteroatoms. The van der Waals surface area contributed by atoms with Crippen molar-refractivity contribution >= 4 is 22.6 Å². The molecule has 110 valence electrons. The van der Waals surface area contributed by atoms with Crippen LogP contribution in [0.1, 0.15) is 18.6 Å². The van der Waals surface area contributed by atoms with Gasteiger partial charge in [0.15, 0.2) is 5.82 Å². The summed E-state index contributed by atoms with van der Waals surface area (Å²) in [7, 11) is 1.64. The summed E-state index contributed by atoms with van der Waals surface area (Å²) >= 11 is 6.05. The number of ether oxygens (including phenoxy) is 1. The largest absolute Gasteiger partial charge is 0.494 e. The van der Waals surface area contributed by atoms with Crippen molar-refractivity contribution in [2.45, 2.75) is 25.9 Å². The van der Waals surface area contributed by atoms with Crippen LogP contribution in [-0.4, -0.2) is 31.4 Å². The maximum absolute atomic E-state index is 6.05. The number of rotatable bonds is 5. The van der Waals surface area contributed by atoms with E-state index >= 15 is 0 Å². The standard InChI is InChI=1S/C14H16ClN5O/c1-3-19-9-16-18-13(19)8-20-10-5-4-6-11(21-2)14(10)17-12(20)7-15/h4-6,9H,3,7-8H2,1-2H3. The molecule has 1 aromatic carbocycles. The Morgan fingerprint density at radius 3 is 2.86 bits per heavy atom. The molecular weight excluding hydrogens is 290 g/mol. The van der Waals surface area contributed by atoms with Crippen molar-refractivity contribution in [1.29, 1.82) is 0 Å². The highest BCUT2D eigenvalue weighted by Crippen LogP contribution is 2.26. The van der Waals surface area contributed by atoms with E-state index in [1.165, 1.54) is 0 Å². The maximum atomic E-state index is 6.05. The first-order chi connectivity index (χ1) is 10.3. The summed E-state index contributed by atoms with van der Waals surface area (Å²) in [5.41, 5.74) is 1.80. The van der Waals surface area contributed by atoms with Gasteiger partial charge < -0.3 is 13.9 Å². The molecule has 0 saturated heterocycles. The molecule has 2 aromatic heterocycles. The van der Waals surface area contributed by atoms with Crippen molar-refractivity contribution in [2.24, 2.45) is 0 Å². The number of nitrogens with zero attached hydrogens (tertiary/aromatic N) is 5. The number of fused-ring (bicyclic) bond motifs is 1. The van der Waals surface area contributed by atoms with Crippen LogP contribution in [0.25, 0.3) is 11.0 Å². The van der Waals surface area contributed by atoms with Crippen molar-refractivity contribution in [1.82, 2.24) is 24.3 Å². The fraction of sp³-hybridized carbons (Fsp3) is 0.357. The highest BCUT2D eigenvalue weighted by atomic mass is 35.5. The van der Waals surface area contributed by atoms with E-state index in [0.29, 0.717) is 12.4 Å². The quantitative estimate of drug-likeness (QED) is 0.679. The zero-order valence-electron chi connectivity index (χ0n) is 12.0. The Morgan fingerprint density at radius 1 is 1.29 bits per heavy atom. The molecule has 0 amide bonds. The molecule has 0 unspecified atom stereocenters. The minimum atomic E-state index is 0.331. The van der Waals surface area contributed by atoms with Crippen LogP contribution in [0.3, 0.4) is 0 Å². The van der Waals surface area contributed by atoms with Crippen LogP contribution in [0.2, 0.25) is 0 Å². The summed E-state index contributed by atoms with van der Waals surface area (Å²) in [5.74, 6) is 2.75. The first-order valence-corrected chi connectivity index (χ1v) is 7.26. The molecule has 0 atom stereocenters.